The largest absolute Gasteiger partial charge is 0.496 e. The van der Waals surface area contributed by atoms with Crippen LogP contribution in [-0.4, -0.2) is 38.4 Å². The number of nitrogens with one attached hydrogen (secondary N) is 1. The Bertz CT molecular complexity index is 353. The highest BCUT2D eigenvalue weighted by Gasteiger charge is 2.26. The Hall–Kier alpha value is -0.710. The molecule has 1 N–H and O–H groups in total. The number of rotatable bonds is 4. The molecule has 0 amide bonds. The topological polar surface area (TPSA) is 30.5 Å². The van der Waals surface area contributed by atoms with E-state index in [0.717, 1.165) is 23.9 Å². The van der Waals surface area contributed by atoms with Gasteiger partial charge in [0.05, 0.1) is 25.9 Å². The van der Waals surface area contributed by atoms with Gasteiger partial charge in [0.1, 0.15) is 5.75 Å². The van der Waals surface area contributed by atoms with E-state index in [9.17, 15) is 0 Å². The lowest BCUT2D eigenvalue weighted by atomic mass is 10.0. The third kappa shape index (κ3) is 2.94. The van der Waals surface area contributed by atoms with Crippen LogP contribution in [0.15, 0.2) is 24.3 Å². The fourth-order valence-electron chi connectivity index (χ4n) is 2.16. The molecular weight excluding hydrogens is 234 g/mol. The molecule has 1 heterocycles. The number of hydrogen-bond donors (Lipinski definition) is 1. The Labute approximate surface area is 107 Å². The summed E-state index contributed by atoms with van der Waals surface area (Å²) in [5, 5.41) is 3.34. The predicted octanol–water partition coefficient (Wildman–Crippen LogP) is 2.09. The highest BCUT2D eigenvalue weighted by molar-refractivity contribution is 7.99. The molecule has 1 aromatic carbocycles. The zero-order valence-electron chi connectivity index (χ0n) is 10.3. The summed E-state index contributed by atoms with van der Waals surface area (Å²) in [4.78, 5) is 0. The zero-order chi connectivity index (χ0) is 12.1. The van der Waals surface area contributed by atoms with Crippen LogP contribution in [0.4, 0.5) is 0 Å². The molecule has 1 saturated heterocycles. The number of para-hydroxylation sites is 1. The normalized spacial score (nSPS) is 22.1. The van der Waals surface area contributed by atoms with E-state index in [0.29, 0.717) is 0 Å². The van der Waals surface area contributed by atoms with E-state index in [1.807, 2.05) is 37.0 Å². The number of methoxy groups -OCH3 is 1. The minimum atomic E-state index is 0.193. The van der Waals surface area contributed by atoms with Crippen molar-refractivity contribution in [3.05, 3.63) is 29.8 Å². The van der Waals surface area contributed by atoms with Gasteiger partial charge < -0.3 is 14.8 Å². The van der Waals surface area contributed by atoms with Gasteiger partial charge >= 0.3 is 0 Å². The van der Waals surface area contributed by atoms with Crippen LogP contribution in [0.5, 0.6) is 5.75 Å². The Morgan fingerprint density at radius 2 is 2.29 bits per heavy atom. The van der Waals surface area contributed by atoms with E-state index in [-0.39, 0.29) is 12.1 Å². The lowest BCUT2D eigenvalue weighted by Crippen LogP contribution is -2.36. The Balaban J connectivity index is 2.21. The highest BCUT2D eigenvalue weighted by atomic mass is 32.2. The van der Waals surface area contributed by atoms with Gasteiger partial charge in [0.25, 0.3) is 0 Å². The van der Waals surface area contributed by atoms with Crippen LogP contribution in [-0.2, 0) is 4.74 Å². The van der Waals surface area contributed by atoms with Gasteiger partial charge in [-0.15, -0.1) is 0 Å². The molecule has 3 nitrogen and oxygen atoms in total. The number of ether oxygens (including phenoxy) is 2. The van der Waals surface area contributed by atoms with Gasteiger partial charge in [0, 0.05) is 17.1 Å². The zero-order valence-corrected chi connectivity index (χ0v) is 11.1. The van der Waals surface area contributed by atoms with Crippen molar-refractivity contribution < 1.29 is 9.47 Å². The summed E-state index contributed by atoms with van der Waals surface area (Å²) < 4.78 is 11.3. The van der Waals surface area contributed by atoms with Gasteiger partial charge in [0.2, 0.25) is 0 Å². The maximum absolute atomic E-state index is 5.85. The van der Waals surface area contributed by atoms with Crippen LogP contribution in [0, 0.1) is 0 Å². The van der Waals surface area contributed by atoms with E-state index >= 15 is 0 Å². The molecule has 94 valence electrons. The van der Waals surface area contributed by atoms with Crippen molar-refractivity contribution in [2.24, 2.45) is 0 Å². The maximum Gasteiger partial charge on any atom is 0.123 e. The van der Waals surface area contributed by atoms with Gasteiger partial charge in [-0.05, 0) is 13.1 Å². The van der Waals surface area contributed by atoms with E-state index in [2.05, 4.69) is 11.4 Å². The van der Waals surface area contributed by atoms with Gasteiger partial charge in [-0.3, -0.25) is 0 Å². The molecule has 1 fully saturated rings. The van der Waals surface area contributed by atoms with Gasteiger partial charge in [-0.1, -0.05) is 18.2 Å². The molecular formula is C13H19NO2S. The minimum Gasteiger partial charge on any atom is -0.496 e. The van der Waals surface area contributed by atoms with Crippen molar-refractivity contribution >= 4 is 11.8 Å². The standard InChI is InChI=1S/C13H19NO2S/c1-14-13(12-9-17-8-7-16-12)10-5-3-4-6-11(10)15-2/h3-6,12-14H,7-9H2,1-2H3. The lowest BCUT2D eigenvalue weighted by molar-refractivity contribution is 0.0482. The first-order valence-electron chi connectivity index (χ1n) is 5.86. The Morgan fingerprint density at radius 1 is 1.47 bits per heavy atom. The summed E-state index contributed by atoms with van der Waals surface area (Å²) in [5.74, 6) is 3.05. The van der Waals surface area contributed by atoms with Crippen molar-refractivity contribution in [1.29, 1.82) is 0 Å². The molecule has 0 spiro atoms. The van der Waals surface area contributed by atoms with Crippen molar-refractivity contribution in [3.8, 4) is 5.75 Å². The Kier molecular flexibility index (Phi) is 4.71. The van der Waals surface area contributed by atoms with Gasteiger partial charge in [0.15, 0.2) is 0 Å². The fraction of sp³-hybridized carbons (Fsp3) is 0.538. The second-order valence-corrected chi connectivity index (χ2v) is 5.14. The number of thioether (sulfide) groups is 1. The molecule has 0 aromatic heterocycles. The minimum absolute atomic E-state index is 0.193. The van der Waals surface area contributed by atoms with E-state index in [1.54, 1.807) is 7.11 Å². The Morgan fingerprint density at radius 3 is 2.94 bits per heavy atom. The average Bonchev–Trinajstić information content (AvgIpc) is 2.41. The summed E-state index contributed by atoms with van der Waals surface area (Å²) in [7, 11) is 3.68. The molecule has 4 heteroatoms. The molecule has 1 aliphatic rings. The third-order valence-electron chi connectivity index (χ3n) is 3.00. The van der Waals surface area contributed by atoms with Crippen molar-refractivity contribution in [2.75, 3.05) is 32.3 Å². The smallest absolute Gasteiger partial charge is 0.123 e. The van der Waals surface area contributed by atoms with Crippen molar-refractivity contribution in [3.63, 3.8) is 0 Å². The van der Waals surface area contributed by atoms with E-state index < -0.39 is 0 Å². The highest BCUT2D eigenvalue weighted by Crippen LogP contribution is 2.31. The SMILES string of the molecule is CNC(c1ccccc1OC)C1CSCCO1. The molecule has 1 aromatic rings. The predicted molar refractivity (Wildman–Crippen MR) is 71.9 cm³/mol. The molecule has 17 heavy (non-hydrogen) atoms. The second kappa shape index (κ2) is 6.28. The summed E-state index contributed by atoms with van der Waals surface area (Å²) >= 11 is 1.95. The molecule has 0 radical (unpaired) electrons. The quantitative estimate of drug-likeness (QED) is 0.890. The van der Waals surface area contributed by atoms with E-state index in [1.165, 1.54) is 5.56 Å². The second-order valence-electron chi connectivity index (χ2n) is 3.99. The van der Waals surface area contributed by atoms with Gasteiger partial charge in [-0.25, -0.2) is 0 Å². The summed E-state index contributed by atoms with van der Waals surface area (Å²) in [6.07, 6.45) is 0.218. The molecule has 0 saturated carbocycles. The van der Waals surface area contributed by atoms with E-state index in [4.69, 9.17) is 9.47 Å². The molecule has 0 bridgehead atoms. The van der Waals surface area contributed by atoms with Crippen LogP contribution in [0.25, 0.3) is 0 Å². The lowest BCUT2D eigenvalue weighted by Gasteiger charge is -2.31. The van der Waals surface area contributed by atoms with Gasteiger partial charge in [-0.2, -0.15) is 11.8 Å². The number of hydrogen-bond acceptors (Lipinski definition) is 4. The summed E-state index contributed by atoms with van der Waals surface area (Å²) in [6.45, 7) is 0.836. The maximum atomic E-state index is 5.85. The molecule has 2 unspecified atom stereocenters. The molecule has 2 atom stereocenters. The van der Waals surface area contributed by atoms with Crippen LogP contribution < -0.4 is 10.1 Å². The third-order valence-corrected chi connectivity index (χ3v) is 4.02. The number of benzene rings is 1. The van der Waals surface area contributed by atoms with Crippen LogP contribution in [0.1, 0.15) is 11.6 Å². The summed E-state index contributed by atoms with van der Waals surface area (Å²) in [6, 6.07) is 8.32. The summed E-state index contributed by atoms with van der Waals surface area (Å²) in [5.41, 5.74) is 1.17. The first-order valence-corrected chi connectivity index (χ1v) is 7.02. The molecule has 0 aliphatic carbocycles. The molecule has 1 aliphatic heterocycles. The van der Waals surface area contributed by atoms with Crippen LogP contribution in [0.3, 0.4) is 0 Å². The van der Waals surface area contributed by atoms with Crippen molar-refractivity contribution in [2.45, 2.75) is 12.1 Å². The fourth-order valence-corrected chi connectivity index (χ4v) is 3.07. The first-order chi connectivity index (χ1) is 8.36. The average molecular weight is 253 g/mol. The van der Waals surface area contributed by atoms with Crippen LogP contribution in [0.2, 0.25) is 0 Å². The van der Waals surface area contributed by atoms with Crippen LogP contribution >= 0.6 is 11.8 Å². The molecule has 2 rings (SSSR count). The first kappa shape index (κ1) is 12.7. The monoisotopic (exact) mass is 253 g/mol. The number of likely N-dealkylation sites (N-methyl/N-ethyl adjacent to an activating group) is 1. The van der Waals surface area contributed by atoms with Crippen molar-refractivity contribution in [1.82, 2.24) is 5.32 Å².